The molecule has 0 saturated heterocycles. The van der Waals surface area contributed by atoms with Crippen molar-refractivity contribution in [3.05, 3.63) is 35.4 Å². The van der Waals surface area contributed by atoms with Crippen LogP contribution in [-0.4, -0.2) is 64.2 Å². The van der Waals surface area contributed by atoms with E-state index in [1.807, 2.05) is 24.3 Å². The van der Waals surface area contributed by atoms with Crippen molar-refractivity contribution in [2.75, 3.05) is 47.4 Å². The van der Waals surface area contributed by atoms with E-state index in [2.05, 4.69) is 29.5 Å². The van der Waals surface area contributed by atoms with Crippen LogP contribution >= 0.6 is 0 Å². The van der Waals surface area contributed by atoms with Crippen molar-refractivity contribution >= 4 is 11.9 Å². The average Bonchev–Trinajstić information content (AvgIpc) is 2.62. The number of amides is 1. The van der Waals surface area contributed by atoms with Gasteiger partial charge in [0.05, 0.1) is 6.61 Å². The highest BCUT2D eigenvalue weighted by atomic mass is 16.5. The molecule has 0 aromatic heterocycles. The lowest BCUT2D eigenvalue weighted by Gasteiger charge is -2.13. The molecule has 1 aromatic carbocycles. The fraction of sp³-hybridized carbons (Fsp3) is 0.600. The summed E-state index contributed by atoms with van der Waals surface area (Å²) in [5.74, 6) is 1.46. The summed E-state index contributed by atoms with van der Waals surface area (Å²) < 4.78 is 5.59. The van der Waals surface area contributed by atoms with Crippen LogP contribution in [0.15, 0.2) is 29.3 Å². The average molecular weight is 363 g/mol. The molecule has 6 nitrogen and oxygen atoms in total. The van der Waals surface area contributed by atoms with Crippen molar-refractivity contribution in [1.82, 2.24) is 15.5 Å². The molecule has 146 valence electrons. The molecule has 0 radical (unpaired) electrons. The minimum atomic E-state index is 0.0229. The summed E-state index contributed by atoms with van der Waals surface area (Å²) in [4.78, 5) is 17.8. The van der Waals surface area contributed by atoms with Crippen molar-refractivity contribution in [1.29, 1.82) is 0 Å². The van der Waals surface area contributed by atoms with Crippen LogP contribution < -0.4 is 10.6 Å². The number of hydrogen-bond acceptors (Lipinski definition) is 3. The van der Waals surface area contributed by atoms with Crippen LogP contribution in [0.1, 0.15) is 36.2 Å². The smallest absolute Gasteiger partial charge is 0.253 e. The Morgan fingerprint density at radius 3 is 2.58 bits per heavy atom. The van der Waals surface area contributed by atoms with Gasteiger partial charge in [0.25, 0.3) is 5.91 Å². The zero-order valence-corrected chi connectivity index (χ0v) is 16.8. The number of carbonyl (C=O) groups excluding carboxylic acids is 1. The zero-order chi connectivity index (χ0) is 19.4. The summed E-state index contributed by atoms with van der Waals surface area (Å²) in [6, 6.07) is 7.75. The first-order valence-electron chi connectivity index (χ1n) is 9.27. The molecule has 0 aliphatic rings. The Labute approximate surface area is 158 Å². The molecule has 26 heavy (non-hydrogen) atoms. The van der Waals surface area contributed by atoms with Gasteiger partial charge >= 0.3 is 0 Å². The van der Waals surface area contributed by atoms with Gasteiger partial charge in [-0.1, -0.05) is 26.0 Å². The molecule has 0 unspecified atom stereocenters. The highest BCUT2D eigenvalue weighted by Gasteiger charge is 2.08. The number of nitrogens with one attached hydrogen (secondary N) is 2. The second-order valence-corrected chi connectivity index (χ2v) is 6.87. The molecular weight excluding hydrogens is 328 g/mol. The first-order valence-corrected chi connectivity index (χ1v) is 9.27. The van der Waals surface area contributed by atoms with E-state index < -0.39 is 0 Å². The van der Waals surface area contributed by atoms with Gasteiger partial charge in [-0.25, -0.2) is 0 Å². The predicted octanol–water partition coefficient (Wildman–Crippen LogP) is 2.16. The van der Waals surface area contributed by atoms with E-state index in [-0.39, 0.29) is 5.91 Å². The standard InChI is InChI=1S/C20H34N4O2/c1-16(2)10-13-26-14-12-23-20(21-3)22-11-9-17-7-6-8-18(15-17)19(25)24(4)5/h6-8,15-16H,9-14H2,1-5H3,(H2,21,22,23). The molecule has 0 saturated carbocycles. The number of hydrogen-bond donors (Lipinski definition) is 2. The predicted molar refractivity (Wildman–Crippen MR) is 108 cm³/mol. The van der Waals surface area contributed by atoms with Crippen molar-refractivity contribution in [2.45, 2.75) is 26.7 Å². The fourth-order valence-corrected chi connectivity index (χ4v) is 2.33. The van der Waals surface area contributed by atoms with Crippen LogP contribution in [0.5, 0.6) is 0 Å². The summed E-state index contributed by atoms with van der Waals surface area (Å²) in [5, 5.41) is 6.53. The topological polar surface area (TPSA) is 66.0 Å². The Morgan fingerprint density at radius 1 is 1.19 bits per heavy atom. The van der Waals surface area contributed by atoms with E-state index in [4.69, 9.17) is 4.74 Å². The highest BCUT2D eigenvalue weighted by Crippen LogP contribution is 2.07. The second kappa shape index (κ2) is 12.3. The van der Waals surface area contributed by atoms with Crippen molar-refractivity contribution in [2.24, 2.45) is 10.9 Å². The lowest BCUT2D eigenvalue weighted by atomic mass is 10.1. The number of rotatable bonds is 10. The van der Waals surface area contributed by atoms with Crippen molar-refractivity contribution < 1.29 is 9.53 Å². The van der Waals surface area contributed by atoms with Gasteiger partial charge in [0.2, 0.25) is 0 Å². The molecule has 0 aliphatic carbocycles. The number of guanidine groups is 1. The first-order chi connectivity index (χ1) is 12.4. The van der Waals surface area contributed by atoms with Crippen LogP contribution in [0.25, 0.3) is 0 Å². The molecular formula is C20H34N4O2. The summed E-state index contributed by atoms with van der Waals surface area (Å²) >= 11 is 0. The molecule has 0 aliphatic heterocycles. The lowest BCUT2D eigenvalue weighted by molar-refractivity contribution is 0.0827. The van der Waals surface area contributed by atoms with E-state index in [9.17, 15) is 4.79 Å². The zero-order valence-electron chi connectivity index (χ0n) is 16.8. The molecule has 1 aromatic rings. The number of carbonyl (C=O) groups is 1. The molecule has 0 atom stereocenters. The maximum atomic E-state index is 12.0. The molecule has 0 spiro atoms. The van der Waals surface area contributed by atoms with Gasteiger partial charge in [0.15, 0.2) is 5.96 Å². The van der Waals surface area contributed by atoms with Crippen LogP contribution in [-0.2, 0) is 11.2 Å². The maximum absolute atomic E-state index is 12.0. The summed E-state index contributed by atoms with van der Waals surface area (Å²) in [7, 11) is 5.28. The minimum Gasteiger partial charge on any atom is -0.380 e. The molecule has 0 bridgehead atoms. The minimum absolute atomic E-state index is 0.0229. The molecule has 2 N–H and O–H groups in total. The van der Waals surface area contributed by atoms with Gasteiger partial charge in [-0.3, -0.25) is 9.79 Å². The lowest BCUT2D eigenvalue weighted by Crippen LogP contribution is -2.39. The fourth-order valence-electron chi connectivity index (χ4n) is 2.33. The molecule has 0 heterocycles. The van der Waals surface area contributed by atoms with Gasteiger partial charge in [-0.2, -0.15) is 0 Å². The van der Waals surface area contributed by atoms with E-state index in [1.54, 1.807) is 26.0 Å². The maximum Gasteiger partial charge on any atom is 0.253 e. The van der Waals surface area contributed by atoms with E-state index in [0.717, 1.165) is 44.1 Å². The van der Waals surface area contributed by atoms with Gasteiger partial charge in [0.1, 0.15) is 0 Å². The molecule has 6 heteroatoms. The van der Waals surface area contributed by atoms with Crippen LogP contribution in [0, 0.1) is 5.92 Å². The number of benzene rings is 1. The van der Waals surface area contributed by atoms with Crippen LogP contribution in [0.4, 0.5) is 0 Å². The monoisotopic (exact) mass is 362 g/mol. The van der Waals surface area contributed by atoms with Crippen molar-refractivity contribution in [3.63, 3.8) is 0 Å². The highest BCUT2D eigenvalue weighted by molar-refractivity contribution is 5.94. The summed E-state index contributed by atoms with van der Waals surface area (Å²) in [6.45, 7) is 7.33. The third-order valence-corrected chi connectivity index (χ3v) is 3.89. The summed E-state index contributed by atoms with van der Waals surface area (Å²) in [6.07, 6.45) is 1.91. The third kappa shape index (κ3) is 8.85. The largest absolute Gasteiger partial charge is 0.380 e. The van der Waals surface area contributed by atoms with Gasteiger partial charge in [0, 0.05) is 46.4 Å². The van der Waals surface area contributed by atoms with E-state index >= 15 is 0 Å². The van der Waals surface area contributed by atoms with Crippen LogP contribution in [0.3, 0.4) is 0 Å². The normalized spacial score (nSPS) is 11.5. The number of ether oxygens (including phenoxy) is 1. The van der Waals surface area contributed by atoms with Crippen LogP contribution in [0.2, 0.25) is 0 Å². The Morgan fingerprint density at radius 2 is 1.92 bits per heavy atom. The Bertz CT molecular complexity index is 571. The Kier molecular flexibility index (Phi) is 10.4. The summed E-state index contributed by atoms with van der Waals surface area (Å²) in [5.41, 5.74) is 1.84. The second-order valence-electron chi connectivity index (χ2n) is 6.87. The van der Waals surface area contributed by atoms with Crippen molar-refractivity contribution in [3.8, 4) is 0 Å². The quantitative estimate of drug-likeness (QED) is 0.380. The van der Waals surface area contributed by atoms with E-state index in [0.29, 0.717) is 18.1 Å². The van der Waals surface area contributed by atoms with Gasteiger partial charge in [-0.05, 0) is 36.5 Å². The molecule has 1 rings (SSSR count). The first kappa shape index (κ1) is 22.0. The number of aliphatic imine (C=N–C) groups is 1. The Balaban J connectivity index is 2.30. The molecule has 1 amide bonds. The van der Waals surface area contributed by atoms with Gasteiger partial charge < -0.3 is 20.3 Å². The Hall–Kier alpha value is -2.08. The van der Waals surface area contributed by atoms with Gasteiger partial charge in [-0.15, -0.1) is 0 Å². The molecule has 0 fully saturated rings. The SMILES string of the molecule is CN=C(NCCOCCC(C)C)NCCc1cccc(C(=O)N(C)C)c1. The number of nitrogens with zero attached hydrogens (tertiary/aromatic N) is 2. The third-order valence-electron chi connectivity index (χ3n) is 3.89. The van der Waals surface area contributed by atoms with E-state index in [1.165, 1.54) is 0 Å².